The van der Waals surface area contributed by atoms with Gasteiger partial charge in [-0.2, -0.15) is 0 Å². The van der Waals surface area contributed by atoms with Crippen LogP contribution in [0.25, 0.3) is 0 Å². The van der Waals surface area contributed by atoms with Crippen molar-refractivity contribution in [3.05, 3.63) is 34.6 Å². The minimum atomic E-state index is -0.255. The van der Waals surface area contributed by atoms with Crippen LogP contribution in [0.15, 0.2) is 18.2 Å². The monoisotopic (exact) mass is 423 g/mol. The van der Waals surface area contributed by atoms with Crippen LogP contribution in [0.3, 0.4) is 0 Å². The predicted octanol–water partition coefficient (Wildman–Crippen LogP) is 4.18. The van der Waals surface area contributed by atoms with Gasteiger partial charge in [-0.15, -0.1) is 0 Å². The Labute approximate surface area is 179 Å². The number of carbonyl (C=O) groups is 1. The molecule has 2 aliphatic heterocycles. The lowest BCUT2D eigenvalue weighted by atomic mass is 9.92. The summed E-state index contributed by atoms with van der Waals surface area (Å²) in [6.45, 7) is 10.9. The van der Waals surface area contributed by atoms with E-state index in [1.165, 1.54) is 25.6 Å². The molecule has 2 fully saturated rings. The second-order valence-corrected chi connectivity index (χ2v) is 9.51. The number of amides is 1. The molecule has 1 N–H and O–H groups in total. The van der Waals surface area contributed by atoms with Gasteiger partial charge in [-0.05, 0) is 69.3 Å². The molecule has 6 heteroatoms. The lowest BCUT2D eigenvalue weighted by molar-refractivity contribution is -0.126. The van der Waals surface area contributed by atoms with E-state index in [4.69, 9.17) is 11.6 Å². The minimum absolute atomic E-state index is 0.0670. The van der Waals surface area contributed by atoms with Crippen molar-refractivity contribution >= 4 is 17.5 Å². The first-order chi connectivity index (χ1) is 13.9. The maximum Gasteiger partial charge on any atom is 0.223 e. The van der Waals surface area contributed by atoms with E-state index in [9.17, 15) is 9.18 Å². The molecule has 0 aromatic heterocycles. The summed E-state index contributed by atoms with van der Waals surface area (Å²) in [5, 5.41) is 3.61. The number of hydrogen-bond donors (Lipinski definition) is 1. The van der Waals surface area contributed by atoms with Gasteiger partial charge in [-0.3, -0.25) is 9.69 Å². The summed E-state index contributed by atoms with van der Waals surface area (Å²) in [6, 6.07) is 4.81. The van der Waals surface area contributed by atoms with E-state index in [0.29, 0.717) is 17.1 Å². The topological polar surface area (TPSA) is 35.6 Å². The van der Waals surface area contributed by atoms with Gasteiger partial charge in [-0.1, -0.05) is 31.5 Å². The molecule has 1 amide bonds. The number of nitrogens with zero attached hydrogens (tertiary/aromatic N) is 2. The predicted molar refractivity (Wildman–Crippen MR) is 116 cm³/mol. The summed E-state index contributed by atoms with van der Waals surface area (Å²) >= 11 is 6.14. The molecule has 0 unspecified atom stereocenters. The summed E-state index contributed by atoms with van der Waals surface area (Å²) in [6.07, 6.45) is 3.98. The molecule has 1 aromatic carbocycles. The van der Waals surface area contributed by atoms with Crippen molar-refractivity contribution in [2.45, 2.75) is 46.1 Å². The molecule has 0 saturated carbocycles. The van der Waals surface area contributed by atoms with E-state index in [-0.39, 0.29) is 17.6 Å². The molecular weight excluding hydrogens is 389 g/mol. The van der Waals surface area contributed by atoms with E-state index in [0.717, 1.165) is 57.3 Å². The number of carbonyl (C=O) groups excluding carboxylic acids is 1. The number of hydrogen-bond acceptors (Lipinski definition) is 3. The number of piperidine rings is 2. The lowest BCUT2D eigenvalue weighted by Crippen LogP contribution is -2.42. The Hall–Kier alpha value is -1.17. The van der Waals surface area contributed by atoms with Gasteiger partial charge in [0, 0.05) is 42.7 Å². The van der Waals surface area contributed by atoms with E-state index < -0.39 is 0 Å². The van der Waals surface area contributed by atoms with Gasteiger partial charge in [0.05, 0.1) is 0 Å². The molecule has 1 aromatic rings. The van der Waals surface area contributed by atoms with E-state index in [1.54, 1.807) is 12.1 Å². The molecular formula is C23H35ClFN3O. The third-order valence-corrected chi connectivity index (χ3v) is 6.65. The zero-order valence-electron chi connectivity index (χ0n) is 17.8. The standard InChI is InChI=1S/C23H35ClFN3O/c1-17-13-18(2)15-28(14-17)10-4-9-26-23(29)19-7-11-27(12-8-19)16-20-21(24)5-3-6-22(20)25/h3,5-6,17-19H,4,7-16H2,1-2H3,(H,26,29)/t17-,18-/m0/s1. The highest BCUT2D eigenvalue weighted by atomic mass is 35.5. The molecule has 2 atom stereocenters. The maximum absolute atomic E-state index is 14.0. The van der Waals surface area contributed by atoms with Crippen molar-refractivity contribution in [2.75, 3.05) is 39.3 Å². The first-order valence-electron chi connectivity index (χ1n) is 11.1. The van der Waals surface area contributed by atoms with Gasteiger partial charge >= 0.3 is 0 Å². The summed E-state index contributed by atoms with van der Waals surface area (Å²) in [7, 11) is 0. The highest BCUT2D eigenvalue weighted by Gasteiger charge is 2.26. The van der Waals surface area contributed by atoms with Gasteiger partial charge in [0.1, 0.15) is 5.82 Å². The van der Waals surface area contributed by atoms with Gasteiger partial charge in [0.25, 0.3) is 0 Å². The number of nitrogens with one attached hydrogen (secondary N) is 1. The SMILES string of the molecule is C[C@H]1C[C@H](C)CN(CCCNC(=O)C2CCN(Cc3c(F)cccc3Cl)CC2)C1. The van der Waals surface area contributed by atoms with Crippen LogP contribution < -0.4 is 5.32 Å². The first kappa shape index (κ1) is 22.5. The van der Waals surface area contributed by atoms with Gasteiger partial charge in [0.15, 0.2) is 0 Å². The Morgan fingerprint density at radius 1 is 1.17 bits per heavy atom. The van der Waals surface area contributed by atoms with Gasteiger partial charge in [-0.25, -0.2) is 4.39 Å². The third-order valence-electron chi connectivity index (χ3n) is 6.30. The molecule has 0 aliphatic carbocycles. The fourth-order valence-electron chi connectivity index (χ4n) is 4.89. The molecule has 3 rings (SSSR count). The maximum atomic E-state index is 14.0. The van der Waals surface area contributed by atoms with E-state index in [2.05, 4.69) is 29.0 Å². The van der Waals surface area contributed by atoms with Crippen LogP contribution in [0.2, 0.25) is 5.02 Å². The largest absolute Gasteiger partial charge is 0.356 e. The third kappa shape index (κ3) is 6.66. The minimum Gasteiger partial charge on any atom is -0.356 e. The van der Waals surface area contributed by atoms with E-state index in [1.807, 2.05) is 0 Å². The average Bonchev–Trinajstić information content (AvgIpc) is 2.68. The highest BCUT2D eigenvalue weighted by Crippen LogP contribution is 2.24. The first-order valence-corrected chi connectivity index (χ1v) is 11.5. The van der Waals surface area contributed by atoms with Crippen LogP contribution in [-0.2, 0) is 11.3 Å². The average molecular weight is 424 g/mol. The fraction of sp³-hybridized carbons (Fsp3) is 0.696. The van der Waals surface area contributed by atoms with Crippen molar-refractivity contribution in [1.29, 1.82) is 0 Å². The van der Waals surface area contributed by atoms with Crippen LogP contribution in [0.1, 0.15) is 45.1 Å². The number of halogens is 2. The molecule has 0 spiro atoms. The van der Waals surface area contributed by atoms with Crippen LogP contribution in [0.5, 0.6) is 0 Å². The molecule has 2 aliphatic rings. The second-order valence-electron chi connectivity index (χ2n) is 9.10. The number of benzene rings is 1. The quantitative estimate of drug-likeness (QED) is 0.668. The second kappa shape index (κ2) is 10.7. The fourth-order valence-corrected chi connectivity index (χ4v) is 5.12. The Bertz CT molecular complexity index is 648. The summed E-state index contributed by atoms with van der Waals surface area (Å²) < 4.78 is 14.0. The zero-order chi connectivity index (χ0) is 20.8. The highest BCUT2D eigenvalue weighted by molar-refractivity contribution is 6.31. The Morgan fingerprint density at radius 3 is 2.52 bits per heavy atom. The van der Waals surface area contributed by atoms with Crippen LogP contribution in [0, 0.1) is 23.6 Å². The molecule has 2 saturated heterocycles. The molecule has 0 bridgehead atoms. The van der Waals surface area contributed by atoms with Crippen molar-refractivity contribution in [3.63, 3.8) is 0 Å². The number of rotatable bonds is 7. The summed E-state index contributed by atoms with van der Waals surface area (Å²) in [5.41, 5.74) is 0.554. The van der Waals surface area contributed by atoms with Crippen LogP contribution >= 0.6 is 11.6 Å². The van der Waals surface area contributed by atoms with Crippen LogP contribution in [-0.4, -0.2) is 55.0 Å². The van der Waals surface area contributed by atoms with E-state index >= 15 is 0 Å². The van der Waals surface area contributed by atoms with Crippen molar-refractivity contribution in [1.82, 2.24) is 15.1 Å². The van der Waals surface area contributed by atoms with Gasteiger partial charge < -0.3 is 10.2 Å². The van der Waals surface area contributed by atoms with Gasteiger partial charge in [0.2, 0.25) is 5.91 Å². The van der Waals surface area contributed by atoms with Crippen molar-refractivity contribution in [2.24, 2.45) is 17.8 Å². The zero-order valence-corrected chi connectivity index (χ0v) is 18.6. The molecule has 4 nitrogen and oxygen atoms in total. The van der Waals surface area contributed by atoms with Crippen LogP contribution in [0.4, 0.5) is 4.39 Å². The Morgan fingerprint density at radius 2 is 1.86 bits per heavy atom. The molecule has 162 valence electrons. The summed E-state index contributed by atoms with van der Waals surface area (Å²) in [5.74, 6) is 1.54. The van der Waals surface area contributed by atoms with Crippen molar-refractivity contribution in [3.8, 4) is 0 Å². The summed E-state index contributed by atoms with van der Waals surface area (Å²) in [4.78, 5) is 17.2. The Balaban J connectivity index is 1.34. The molecule has 0 radical (unpaired) electrons. The lowest BCUT2D eigenvalue weighted by Gasteiger charge is -2.35. The molecule has 2 heterocycles. The van der Waals surface area contributed by atoms with Crippen molar-refractivity contribution < 1.29 is 9.18 Å². The number of likely N-dealkylation sites (tertiary alicyclic amines) is 2. The molecule has 29 heavy (non-hydrogen) atoms. The Kier molecular flexibility index (Phi) is 8.34. The smallest absolute Gasteiger partial charge is 0.223 e. The normalized spacial score (nSPS) is 24.6.